The minimum Gasteiger partial charge on any atom is -0.465 e. The van der Waals surface area contributed by atoms with Crippen molar-refractivity contribution in [2.75, 3.05) is 37.4 Å². The molecule has 1 aliphatic heterocycles. The first-order valence-corrected chi connectivity index (χ1v) is 6.53. The van der Waals surface area contributed by atoms with Gasteiger partial charge in [0.1, 0.15) is 0 Å². The minimum atomic E-state index is -0.466. The first-order valence-electron chi connectivity index (χ1n) is 6.53. The molecule has 0 atom stereocenters. The predicted molar refractivity (Wildman–Crippen MR) is 76.8 cm³/mol. The Balaban J connectivity index is 2.38. The van der Waals surface area contributed by atoms with E-state index < -0.39 is 5.97 Å². The van der Waals surface area contributed by atoms with Gasteiger partial charge in [-0.2, -0.15) is 0 Å². The Morgan fingerprint density at radius 1 is 1.45 bits per heavy atom. The van der Waals surface area contributed by atoms with Crippen molar-refractivity contribution in [2.24, 2.45) is 0 Å². The highest BCUT2D eigenvalue weighted by Crippen LogP contribution is 2.26. The number of esters is 1. The van der Waals surface area contributed by atoms with Crippen LogP contribution in [0.25, 0.3) is 0 Å². The first kappa shape index (κ1) is 14.2. The van der Waals surface area contributed by atoms with Crippen molar-refractivity contribution in [1.82, 2.24) is 5.32 Å². The molecule has 1 aromatic carbocycles. The lowest BCUT2D eigenvalue weighted by Gasteiger charge is -2.23. The molecule has 1 aromatic rings. The molecule has 0 saturated carbocycles. The van der Waals surface area contributed by atoms with E-state index in [1.165, 1.54) is 7.11 Å². The number of nitrogens with two attached hydrogens (primary N) is 1. The second-order valence-electron chi connectivity index (χ2n) is 4.84. The van der Waals surface area contributed by atoms with Crippen LogP contribution in [0.5, 0.6) is 0 Å². The van der Waals surface area contributed by atoms with Crippen LogP contribution in [0.4, 0.5) is 11.4 Å². The van der Waals surface area contributed by atoms with Gasteiger partial charge in [0.05, 0.1) is 19.2 Å². The number of ether oxygens (including phenoxy) is 1. The zero-order valence-electron chi connectivity index (χ0n) is 11.7. The van der Waals surface area contributed by atoms with Crippen LogP contribution in [0.2, 0.25) is 0 Å². The molecule has 3 N–H and O–H groups in total. The molecule has 1 saturated heterocycles. The van der Waals surface area contributed by atoms with E-state index in [9.17, 15) is 9.59 Å². The highest BCUT2D eigenvalue weighted by molar-refractivity contribution is 5.97. The second-order valence-corrected chi connectivity index (χ2v) is 4.84. The molecule has 108 valence electrons. The molecule has 1 fully saturated rings. The van der Waals surface area contributed by atoms with Gasteiger partial charge < -0.3 is 20.7 Å². The summed E-state index contributed by atoms with van der Waals surface area (Å²) >= 11 is 0. The lowest BCUT2D eigenvalue weighted by molar-refractivity contribution is -0.119. The molecule has 20 heavy (non-hydrogen) atoms. The third kappa shape index (κ3) is 2.84. The maximum atomic E-state index is 11.8. The fourth-order valence-electron chi connectivity index (χ4n) is 2.27. The normalized spacial score (nSPS) is 15.5. The standard InChI is InChI=1S/C14H19N3O3/c1-9-6-10(7-11(13(9)15)14(19)20-2)17-5-3-4-16-12(18)8-17/h6-7H,3-5,8,15H2,1-2H3,(H,16,18). The molecule has 0 unspecified atom stereocenters. The Morgan fingerprint density at radius 3 is 2.90 bits per heavy atom. The number of carbonyl (C=O) groups is 2. The molecule has 0 spiro atoms. The topological polar surface area (TPSA) is 84.7 Å². The Morgan fingerprint density at radius 2 is 2.20 bits per heavy atom. The number of amides is 1. The Bertz CT molecular complexity index is 543. The molecule has 2 rings (SSSR count). The monoisotopic (exact) mass is 277 g/mol. The third-order valence-corrected chi connectivity index (χ3v) is 3.40. The summed E-state index contributed by atoms with van der Waals surface area (Å²) in [5, 5.41) is 2.82. The lowest BCUT2D eigenvalue weighted by atomic mass is 10.1. The number of hydrogen-bond acceptors (Lipinski definition) is 5. The number of nitrogen functional groups attached to an aromatic ring is 1. The number of anilines is 2. The summed E-state index contributed by atoms with van der Waals surface area (Å²) < 4.78 is 4.74. The summed E-state index contributed by atoms with van der Waals surface area (Å²) in [6, 6.07) is 3.58. The van der Waals surface area contributed by atoms with E-state index in [0.717, 1.165) is 24.2 Å². The number of benzene rings is 1. The van der Waals surface area contributed by atoms with Crippen LogP contribution in [0.15, 0.2) is 12.1 Å². The summed E-state index contributed by atoms with van der Waals surface area (Å²) in [7, 11) is 1.32. The van der Waals surface area contributed by atoms with Gasteiger partial charge in [-0.25, -0.2) is 4.79 Å². The summed E-state index contributed by atoms with van der Waals surface area (Å²) in [6.07, 6.45) is 0.864. The zero-order chi connectivity index (χ0) is 14.7. The SMILES string of the molecule is COC(=O)c1cc(N2CCCNC(=O)C2)cc(C)c1N. The molecule has 6 nitrogen and oxygen atoms in total. The van der Waals surface area contributed by atoms with Crippen molar-refractivity contribution in [1.29, 1.82) is 0 Å². The number of rotatable bonds is 2. The molecular formula is C14H19N3O3. The van der Waals surface area contributed by atoms with Crippen LogP contribution < -0.4 is 16.0 Å². The lowest BCUT2D eigenvalue weighted by Crippen LogP contribution is -2.33. The molecule has 0 aliphatic carbocycles. The van der Waals surface area contributed by atoms with E-state index in [1.54, 1.807) is 6.07 Å². The van der Waals surface area contributed by atoms with Gasteiger partial charge in [0, 0.05) is 24.5 Å². The van der Waals surface area contributed by atoms with Crippen LogP contribution in [-0.4, -0.2) is 38.6 Å². The van der Waals surface area contributed by atoms with E-state index in [4.69, 9.17) is 10.5 Å². The van der Waals surface area contributed by atoms with E-state index in [-0.39, 0.29) is 12.5 Å². The van der Waals surface area contributed by atoms with Crippen molar-refractivity contribution in [2.45, 2.75) is 13.3 Å². The van der Waals surface area contributed by atoms with Gasteiger partial charge in [-0.15, -0.1) is 0 Å². The van der Waals surface area contributed by atoms with Gasteiger partial charge in [0.15, 0.2) is 0 Å². The van der Waals surface area contributed by atoms with Crippen molar-refractivity contribution >= 4 is 23.3 Å². The van der Waals surface area contributed by atoms with Gasteiger partial charge >= 0.3 is 5.97 Å². The largest absolute Gasteiger partial charge is 0.465 e. The number of methoxy groups -OCH3 is 1. The van der Waals surface area contributed by atoms with E-state index >= 15 is 0 Å². The van der Waals surface area contributed by atoms with Crippen LogP contribution in [0.1, 0.15) is 22.3 Å². The molecule has 1 amide bonds. The van der Waals surface area contributed by atoms with Gasteiger partial charge in [0.2, 0.25) is 5.91 Å². The fourth-order valence-corrected chi connectivity index (χ4v) is 2.27. The summed E-state index contributed by atoms with van der Waals surface area (Å²) in [6.45, 7) is 3.54. The van der Waals surface area contributed by atoms with E-state index in [1.807, 2.05) is 17.9 Å². The quantitative estimate of drug-likeness (QED) is 0.613. The van der Waals surface area contributed by atoms with E-state index in [0.29, 0.717) is 17.8 Å². The average Bonchev–Trinajstić information content (AvgIpc) is 2.65. The fraction of sp³-hybridized carbons (Fsp3) is 0.429. The number of hydrogen-bond donors (Lipinski definition) is 2. The molecule has 1 aliphatic rings. The Kier molecular flexibility index (Phi) is 4.12. The Labute approximate surface area is 117 Å². The maximum Gasteiger partial charge on any atom is 0.340 e. The molecule has 6 heteroatoms. The molecule has 0 radical (unpaired) electrons. The number of aryl methyl sites for hydroxylation is 1. The molecule has 0 bridgehead atoms. The van der Waals surface area contributed by atoms with Crippen LogP contribution >= 0.6 is 0 Å². The molecular weight excluding hydrogens is 258 g/mol. The molecule has 1 heterocycles. The van der Waals surface area contributed by atoms with Crippen molar-refractivity contribution < 1.29 is 14.3 Å². The average molecular weight is 277 g/mol. The predicted octanol–water partition coefficient (Wildman–Crippen LogP) is 0.690. The number of carbonyl (C=O) groups excluding carboxylic acids is 2. The third-order valence-electron chi connectivity index (χ3n) is 3.40. The van der Waals surface area contributed by atoms with Crippen LogP contribution in [0, 0.1) is 6.92 Å². The minimum absolute atomic E-state index is 0.0170. The number of nitrogens with one attached hydrogen (secondary N) is 1. The molecule has 0 aromatic heterocycles. The maximum absolute atomic E-state index is 11.8. The second kappa shape index (κ2) is 5.81. The Hall–Kier alpha value is -2.24. The smallest absolute Gasteiger partial charge is 0.340 e. The highest BCUT2D eigenvalue weighted by Gasteiger charge is 2.19. The van der Waals surface area contributed by atoms with Gasteiger partial charge in [-0.05, 0) is 31.0 Å². The van der Waals surface area contributed by atoms with Crippen molar-refractivity contribution in [3.05, 3.63) is 23.3 Å². The summed E-state index contributed by atoms with van der Waals surface area (Å²) in [5.74, 6) is -0.483. The van der Waals surface area contributed by atoms with Gasteiger partial charge in [-0.3, -0.25) is 4.79 Å². The highest BCUT2D eigenvalue weighted by atomic mass is 16.5. The summed E-state index contributed by atoms with van der Waals surface area (Å²) in [4.78, 5) is 25.3. The first-order chi connectivity index (χ1) is 9.52. The van der Waals surface area contributed by atoms with E-state index in [2.05, 4.69) is 5.32 Å². The van der Waals surface area contributed by atoms with Crippen LogP contribution in [0.3, 0.4) is 0 Å². The zero-order valence-corrected chi connectivity index (χ0v) is 11.7. The van der Waals surface area contributed by atoms with Crippen LogP contribution in [-0.2, 0) is 9.53 Å². The van der Waals surface area contributed by atoms with Gasteiger partial charge in [0.25, 0.3) is 0 Å². The van der Waals surface area contributed by atoms with Crippen molar-refractivity contribution in [3.63, 3.8) is 0 Å². The summed E-state index contributed by atoms with van der Waals surface area (Å²) in [5.41, 5.74) is 8.29. The van der Waals surface area contributed by atoms with Gasteiger partial charge in [-0.1, -0.05) is 0 Å². The van der Waals surface area contributed by atoms with Crippen molar-refractivity contribution in [3.8, 4) is 0 Å². The number of nitrogens with zero attached hydrogens (tertiary/aromatic N) is 1.